The van der Waals surface area contributed by atoms with Crippen molar-refractivity contribution in [3.05, 3.63) is 0 Å². The largest absolute Gasteiger partial charge is 0.472 e. The molecule has 0 bridgehead atoms. The number of hydrogen-bond donors (Lipinski definition) is 3. The van der Waals surface area contributed by atoms with Crippen LogP contribution in [0, 0.1) is 23.7 Å². The van der Waals surface area contributed by atoms with Crippen molar-refractivity contribution in [3.63, 3.8) is 0 Å². The van der Waals surface area contributed by atoms with Gasteiger partial charge >= 0.3 is 39.5 Å². The molecule has 108 heavy (non-hydrogen) atoms. The van der Waals surface area contributed by atoms with E-state index in [1.54, 1.807) is 0 Å². The Morgan fingerprint density at radius 1 is 0.259 bits per heavy atom. The van der Waals surface area contributed by atoms with Gasteiger partial charge < -0.3 is 33.8 Å². The normalized spacial score (nSPS) is 14.6. The fraction of sp³-hybridized carbons (Fsp3) is 0.955. The van der Waals surface area contributed by atoms with Gasteiger partial charge in [-0.25, -0.2) is 9.13 Å². The van der Waals surface area contributed by atoms with Crippen LogP contribution in [0.25, 0.3) is 0 Å². The molecule has 642 valence electrons. The maximum atomic E-state index is 13.2. The van der Waals surface area contributed by atoms with E-state index >= 15 is 0 Å². The van der Waals surface area contributed by atoms with E-state index < -0.39 is 97.5 Å². The first-order valence-corrected chi connectivity index (χ1v) is 48.8. The molecule has 0 rings (SSSR count). The monoisotopic (exact) mass is 1580 g/mol. The number of carbonyl (C=O) groups excluding carboxylic acids is 4. The quantitative estimate of drug-likeness (QED) is 0.0222. The van der Waals surface area contributed by atoms with Crippen LogP contribution in [-0.2, 0) is 65.4 Å². The smallest absolute Gasteiger partial charge is 0.462 e. The van der Waals surface area contributed by atoms with Gasteiger partial charge in [0.05, 0.1) is 26.4 Å². The van der Waals surface area contributed by atoms with Gasteiger partial charge in [0.15, 0.2) is 12.2 Å². The molecule has 0 amide bonds. The van der Waals surface area contributed by atoms with Crippen LogP contribution in [0.4, 0.5) is 0 Å². The Labute approximate surface area is 664 Å². The predicted molar refractivity (Wildman–Crippen MR) is 446 cm³/mol. The van der Waals surface area contributed by atoms with E-state index in [2.05, 4.69) is 55.4 Å². The Morgan fingerprint density at radius 3 is 0.657 bits per heavy atom. The summed E-state index contributed by atoms with van der Waals surface area (Å²) >= 11 is 0. The molecule has 0 saturated carbocycles. The van der Waals surface area contributed by atoms with Crippen molar-refractivity contribution in [2.75, 3.05) is 39.6 Å². The summed E-state index contributed by atoms with van der Waals surface area (Å²) in [6.45, 7) is 14.4. The molecule has 0 aliphatic carbocycles. The van der Waals surface area contributed by atoms with Gasteiger partial charge in [-0.05, 0) is 49.4 Å². The summed E-state index contributed by atoms with van der Waals surface area (Å²) in [4.78, 5) is 73.3. The van der Waals surface area contributed by atoms with Gasteiger partial charge in [0.1, 0.15) is 19.3 Å². The second kappa shape index (κ2) is 77.6. The molecule has 0 spiro atoms. The number of carbonyl (C=O) groups is 4. The molecule has 0 heterocycles. The summed E-state index contributed by atoms with van der Waals surface area (Å²) in [5, 5.41) is 10.7. The van der Waals surface area contributed by atoms with Crippen LogP contribution >= 0.6 is 15.6 Å². The van der Waals surface area contributed by atoms with E-state index in [0.717, 1.165) is 114 Å². The maximum absolute atomic E-state index is 13.2. The van der Waals surface area contributed by atoms with Crippen LogP contribution in [0.3, 0.4) is 0 Å². The zero-order valence-electron chi connectivity index (χ0n) is 71.5. The zero-order chi connectivity index (χ0) is 79.5. The number of esters is 4. The number of hydrogen-bond acceptors (Lipinski definition) is 15. The summed E-state index contributed by atoms with van der Waals surface area (Å²) in [5.74, 6) is 1.17. The van der Waals surface area contributed by atoms with E-state index in [0.29, 0.717) is 31.6 Å². The average molecular weight is 1580 g/mol. The summed E-state index contributed by atoms with van der Waals surface area (Å²) in [7, 11) is -9.93. The molecule has 19 heteroatoms. The van der Waals surface area contributed by atoms with Gasteiger partial charge in [0.2, 0.25) is 0 Å². The second-order valence-corrected chi connectivity index (χ2v) is 36.1. The fourth-order valence-electron chi connectivity index (χ4n) is 13.8. The van der Waals surface area contributed by atoms with Crippen LogP contribution in [0.15, 0.2) is 0 Å². The Hall–Kier alpha value is -1.94. The zero-order valence-corrected chi connectivity index (χ0v) is 73.3. The number of unbranched alkanes of at least 4 members (excludes halogenated alkanes) is 49. The molecule has 6 unspecified atom stereocenters. The Bertz CT molecular complexity index is 2100. The molecular weight excluding hydrogens is 1400 g/mol. The summed E-state index contributed by atoms with van der Waals surface area (Å²) < 4.78 is 69.0. The third-order valence-corrected chi connectivity index (χ3v) is 23.8. The third kappa shape index (κ3) is 78.0. The van der Waals surface area contributed by atoms with Crippen molar-refractivity contribution in [2.24, 2.45) is 23.7 Å². The van der Waals surface area contributed by atoms with Gasteiger partial charge in [-0.1, -0.05) is 415 Å². The highest BCUT2D eigenvalue weighted by Crippen LogP contribution is 2.45. The van der Waals surface area contributed by atoms with Crippen molar-refractivity contribution < 1.29 is 80.2 Å². The SMILES string of the molecule is CCC(C)CCCCCCCCCCCCCCCCCCCCC(=O)OC[C@H](COP(=O)(O)OCC(O)COP(=O)(O)OC[C@@H](COC(=O)CCCCCCCCCC(C)C)OC(=O)CCCCCCCCCCCCCCCCC(C)CC)OC(=O)CCCCCCCCCCCCCCCCC(C)CC. The minimum absolute atomic E-state index is 0.107. The van der Waals surface area contributed by atoms with Crippen molar-refractivity contribution in [2.45, 2.75) is 485 Å². The van der Waals surface area contributed by atoms with Crippen LogP contribution in [0.2, 0.25) is 0 Å². The molecule has 0 aliphatic heterocycles. The number of aliphatic hydroxyl groups is 1. The van der Waals surface area contributed by atoms with Gasteiger partial charge in [-0.2, -0.15) is 0 Å². The van der Waals surface area contributed by atoms with E-state index in [9.17, 15) is 43.2 Å². The molecule has 0 saturated heterocycles. The Morgan fingerprint density at radius 2 is 0.444 bits per heavy atom. The highest BCUT2D eigenvalue weighted by molar-refractivity contribution is 7.47. The standard InChI is InChI=1S/C89H174O17P2/c1-9-80(6)66-58-50-42-34-28-22-16-14-12-13-15-17-25-31-37-45-53-61-69-86(91)99-75-84(105-88(93)71-63-55-46-38-32-26-20-18-23-29-35-43-51-59-67-81(7)10-2)77-103-107(95,96)101-73-83(90)74-102-108(97,98)104-78-85(76-100-87(92)70-62-54-48-40-41-49-57-65-79(4)5)106-89(94)72-64-56-47-39-33-27-21-19-24-30-36-44-52-60-68-82(8)11-3/h79-85,90H,9-78H2,1-8H3,(H,95,96)(H,97,98)/t80?,81?,82?,83?,84-,85-/m1/s1. The lowest BCUT2D eigenvalue weighted by Gasteiger charge is -2.21. The molecule has 17 nitrogen and oxygen atoms in total. The maximum Gasteiger partial charge on any atom is 0.472 e. The summed E-state index contributed by atoms with van der Waals surface area (Å²) in [6.07, 6.45) is 68.0. The number of phosphoric acid groups is 2. The minimum Gasteiger partial charge on any atom is -0.462 e. The highest BCUT2D eigenvalue weighted by Gasteiger charge is 2.31. The molecule has 0 fully saturated rings. The van der Waals surface area contributed by atoms with Crippen LogP contribution in [0.1, 0.15) is 466 Å². The number of rotatable bonds is 86. The first-order chi connectivity index (χ1) is 52.2. The molecule has 8 atom stereocenters. The molecule has 3 N–H and O–H groups in total. The van der Waals surface area contributed by atoms with Crippen molar-refractivity contribution in [1.82, 2.24) is 0 Å². The summed E-state index contributed by atoms with van der Waals surface area (Å²) in [5.41, 5.74) is 0. The first-order valence-electron chi connectivity index (χ1n) is 45.8. The molecule has 0 aromatic carbocycles. The van der Waals surface area contributed by atoms with Crippen molar-refractivity contribution in [1.29, 1.82) is 0 Å². The third-order valence-electron chi connectivity index (χ3n) is 21.9. The summed E-state index contributed by atoms with van der Waals surface area (Å²) in [6, 6.07) is 0. The Balaban J connectivity index is 5.22. The van der Waals surface area contributed by atoms with E-state index in [4.69, 9.17) is 37.0 Å². The van der Waals surface area contributed by atoms with Gasteiger partial charge in [-0.15, -0.1) is 0 Å². The second-order valence-electron chi connectivity index (χ2n) is 33.2. The number of aliphatic hydroxyl groups excluding tert-OH is 1. The lowest BCUT2D eigenvalue weighted by atomic mass is 9.99. The topological polar surface area (TPSA) is 237 Å². The lowest BCUT2D eigenvalue weighted by Crippen LogP contribution is -2.30. The lowest BCUT2D eigenvalue weighted by molar-refractivity contribution is -0.161. The number of ether oxygens (including phenoxy) is 4. The van der Waals surface area contributed by atoms with Gasteiger partial charge in [0, 0.05) is 25.7 Å². The van der Waals surface area contributed by atoms with Crippen LogP contribution < -0.4 is 0 Å². The average Bonchev–Trinajstić information content (AvgIpc) is 0.901. The minimum atomic E-state index is -4.97. The molecule has 0 aromatic rings. The van der Waals surface area contributed by atoms with Crippen LogP contribution in [-0.4, -0.2) is 96.7 Å². The van der Waals surface area contributed by atoms with E-state index in [1.165, 1.54) is 263 Å². The van der Waals surface area contributed by atoms with Crippen molar-refractivity contribution in [3.8, 4) is 0 Å². The molecule has 0 aliphatic rings. The van der Waals surface area contributed by atoms with Crippen molar-refractivity contribution >= 4 is 39.5 Å². The van der Waals surface area contributed by atoms with E-state index in [1.807, 2.05) is 0 Å². The van der Waals surface area contributed by atoms with Crippen LogP contribution in [0.5, 0.6) is 0 Å². The fourth-order valence-corrected chi connectivity index (χ4v) is 15.3. The van der Waals surface area contributed by atoms with Gasteiger partial charge in [-0.3, -0.25) is 37.3 Å². The first kappa shape index (κ1) is 106. The van der Waals surface area contributed by atoms with Gasteiger partial charge in [0.25, 0.3) is 0 Å². The molecular formula is C89H174O17P2. The number of phosphoric ester groups is 2. The van der Waals surface area contributed by atoms with E-state index in [-0.39, 0.29) is 25.7 Å². The Kier molecular flexibility index (Phi) is 76.2. The molecule has 0 radical (unpaired) electrons. The predicted octanol–water partition coefficient (Wildman–Crippen LogP) is 27.1. The molecule has 0 aromatic heterocycles. The highest BCUT2D eigenvalue weighted by atomic mass is 31.2.